The number of alkyl halides is 1. The number of rotatable bonds is 8. The summed E-state index contributed by atoms with van der Waals surface area (Å²) in [6.45, 7) is 5.11. The van der Waals surface area contributed by atoms with Gasteiger partial charge in [0.1, 0.15) is 29.2 Å². The number of ether oxygens (including phenoxy) is 3. The maximum atomic E-state index is 14.4. The smallest absolute Gasteiger partial charge is 0.199 e. The van der Waals surface area contributed by atoms with Crippen LogP contribution in [0.1, 0.15) is 67.4 Å². The van der Waals surface area contributed by atoms with Crippen molar-refractivity contribution < 1.29 is 27.4 Å². The molecule has 3 aliphatic heterocycles. The monoisotopic (exact) mass is 589 g/mol. The third kappa shape index (κ3) is 7.00. The van der Waals surface area contributed by atoms with Crippen LogP contribution in [0.2, 0.25) is 0 Å². The van der Waals surface area contributed by atoms with Gasteiger partial charge in [0.05, 0.1) is 13.3 Å². The molecule has 2 fully saturated rings. The summed E-state index contributed by atoms with van der Waals surface area (Å²) in [5, 5.41) is 0. The largest absolute Gasteiger partial charge is 0.480 e. The Morgan fingerprint density at radius 1 is 0.930 bits per heavy atom. The summed E-state index contributed by atoms with van der Waals surface area (Å²) in [4.78, 5) is 2.35. The molecule has 0 amide bonds. The summed E-state index contributed by atoms with van der Waals surface area (Å²) in [6, 6.07) is 17.3. The van der Waals surface area contributed by atoms with E-state index in [0.717, 1.165) is 85.6 Å². The second kappa shape index (κ2) is 13.4. The molecule has 4 nitrogen and oxygen atoms in total. The van der Waals surface area contributed by atoms with Gasteiger partial charge in [-0.1, -0.05) is 36.4 Å². The number of nitrogens with zero attached hydrogens (tertiary/aromatic N) is 1. The Morgan fingerprint density at radius 3 is 2.40 bits per heavy atom. The van der Waals surface area contributed by atoms with Crippen LogP contribution in [-0.2, 0) is 4.74 Å². The Balaban J connectivity index is 1.26. The van der Waals surface area contributed by atoms with E-state index in [4.69, 9.17) is 14.2 Å². The van der Waals surface area contributed by atoms with Crippen LogP contribution in [0.5, 0.6) is 11.5 Å². The molecule has 3 aromatic rings. The van der Waals surface area contributed by atoms with Crippen molar-refractivity contribution in [1.82, 2.24) is 4.90 Å². The Labute approximate surface area is 251 Å². The molecule has 0 radical (unpaired) electrons. The molecule has 43 heavy (non-hydrogen) atoms. The molecule has 7 heteroatoms. The van der Waals surface area contributed by atoms with Crippen LogP contribution in [0, 0.1) is 17.6 Å². The van der Waals surface area contributed by atoms with Gasteiger partial charge in [0, 0.05) is 36.2 Å². The number of halogens is 3. The first-order valence-electron chi connectivity index (χ1n) is 15.3. The number of hydrogen-bond donors (Lipinski definition) is 0. The predicted molar refractivity (Wildman–Crippen MR) is 163 cm³/mol. The molecular weight excluding hydrogens is 551 g/mol. The number of likely N-dealkylation sites (tertiary alicyclic amines) is 1. The quantitative estimate of drug-likeness (QED) is 0.263. The molecule has 2 unspecified atom stereocenters. The summed E-state index contributed by atoms with van der Waals surface area (Å²) >= 11 is 0. The molecule has 3 aromatic carbocycles. The van der Waals surface area contributed by atoms with E-state index in [1.165, 1.54) is 12.1 Å². The highest BCUT2D eigenvalue weighted by atomic mass is 19.1. The van der Waals surface area contributed by atoms with E-state index in [1.807, 2.05) is 49.4 Å². The molecule has 0 bridgehead atoms. The first-order valence-corrected chi connectivity index (χ1v) is 15.3. The van der Waals surface area contributed by atoms with Crippen LogP contribution in [0.25, 0.3) is 17.2 Å². The van der Waals surface area contributed by atoms with Gasteiger partial charge in [0.2, 0.25) is 0 Å². The normalized spacial score (nSPS) is 21.6. The fraction of sp³-hybridized carbons (Fsp3) is 0.389. The lowest BCUT2D eigenvalue weighted by Crippen LogP contribution is -2.34. The highest BCUT2D eigenvalue weighted by molar-refractivity contribution is 5.95. The molecule has 0 N–H and O–H groups in total. The minimum Gasteiger partial charge on any atom is -0.480 e. The van der Waals surface area contributed by atoms with Crippen molar-refractivity contribution >= 4 is 17.2 Å². The fourth-order valence-corrected chi connectivity index (χ4v) is 6.22. The summed E-state index contributed by atoms with van der Waals surface area (Å²) in [6.07, 6.45) is 8.13. The van der Waals surface area contributed by atoms with E-state index in [2.05, 4.69) is 17.1 Å². The van der Waals surface area contributed by atoms with E-state index in [0.29, 0.717) is 23.7 Å². The second-order valence-corrected chi connectivity index (χ2v) is 11.7. The highest BCUT2D eigenvalue weighted by Crippen LogP contribution is 2.47. The molecule has 226 valence electrons. The number of benzene rings is 3. The number of allylic oxidation sites excluding steroid dienone is 1. The van der Waals surface area contributed by atoms with E-state index in [-0.39, 0.29) is 18.9 Å². The van der Waals surface area contributed by atoms with Crippen molar-refractivity contribution in [2.45, 2.75) is 51.4 Å². The van der Waals surface area contributed by atoms with Gasteiger partial charge in [0.25, 0.3) is 0 Å². The van der Waals surface area contributed by atoms with Crippen LogP contribution in [0.4, 0.5) is 13.2 Å². The van der Waals surface area contributed by atoms with Crippen molar-refractivity contribution in [3.05, 3.63) is 101 Å². The first-order chi connectivity index (χ1) is 21.0. The Hall–Kier alpha value is -3.55. The lowest BCUT2D eigenvalue weighted by molar-refractivity contribution is -0.105. The topological polar surface area (TPSA) is 30.9 Å². The van der Waals surface area contributed by atoms with E-state index in [9.17, 15) is 13.2 Å². The predicted octanol–water partition coefficient (Wildman–Crippen LogP) is 8.63. The molecule has 2 saturated heterocycles. The lowest BCUT2D eigenvalue weighted by Gasteiger charge is -2.32. The summed E-state index contributed by atoms with van der Waals surface area (Å²) < 4.78 is 60.2. The van der Waals surface area contributed by atoms with Gasteiger partial charge in [-0.05, 0) is 98.1 Å². The Bertz CT molecular complexity index is 1450. The van der Waals surface area contributed by atoms with Crippen LogP contribution in [-0.4, -0.2) is 44.1 Å². The van der Waals surface area contributed by atoms with Crippen molar-refractivity contribution in [1.29, 1.82) is 0 Å². The van der Waals surface area contributed by atoms with E-state index < -0.39 is 17.7 Å². The van der Waals surface area contributed by atoms with Gasteiger partial charge >= 0.3 is 0 Å². The molecule has 3 aliphatic rings. The minimum absolute atomic E-state index is 0.207. The van der Waals surface area contributed by atoms with Crippen molar-refractivity contribution in [3.8, 4) is 11.5 Å². The molecule has 2 atom stereocenters. The van der Waals surface area contributed by atoms with Crippen LogP contribution >= 0.6 is 0 Å². The number of piperidine rings is 1. The summed E-state index contributed by atoms with van der Waals surface area (Å²) in [7, 11) is 0. The molecule has 0 saturated carbocycles. The minimum atomic E-state index is -0.634. The Kier molecular flexibility index (Phi) is 9.20. The zero-order valence-corrected chi connectivity index (χ0v) is 24.5. The third-order valence-electron chi connectivity index (χ3n) is 8.69. The highest BCUT2D eigenvalue weighted by Gasteiger charge is 2.30. The van der Waals surface area contributed by atoms with Gasteiger partial charge in [-0.2, -0.15) is 0 Å². The number of hydrogen-bond acceptors (Lipinski definition) is 4. The van der Waals surface area contributed by atoms with Crippen molar-refractivity contribution in [2.75, 3.05) is 32.9 Å². The standard InChI is InChI=1S/C36H38F3NO3/c1-24-32-12-11-31(42-34-6-2-3-18-41-34)22-33(32)43-36(35(24)28-19-29(38)21-30(39)20-28)27-9-7-25(8-10-27)5-4-15-40-16-13-26(23-37)14-17-40/h4-5,7-12,19-22,26,34,36H,2-3,6,13-18,23H2,1H3/b5-4+. The molecular formula is C36H38F3NO3. The summed E-state index contributed by atoms with van der Waals surface area (Å²) in [5.74, 6) is 0.248. The van der Waals surface area contributed by atoms with Gasteiger partial charge < -0.3 is 14.2 Å². The lowest BCUT2D eigenvalue weighted by atomic mass is 9.86. The zero-order chi connectivity index (χ0) is 29.8. The van der Waals surface area contributed by atoms with E-state index in [1.54, 1.807) is 0 Å². The van der Waals surface area contributed by atoms with Crippen LogP contribution < -0.4 is 9.47 Å². The van der Waals surface area contributed by atoms with E-state index >= 15 is 0 Å². The van der Waals surface area contributed by atoms with Gasteiger partial charge in [-0.3, -0.25) is 9.29 Å². The molecule has 0 aromatic heterocycles. The third-order valence-corrected chi connectivity index (χ3v) is 8.69. The van der Waals surface area contributed by atoms with Crippen molar-refractivity contribution in [2.24, 2.45) is 5.92 Å². The zero-order valence-electron chi connectivity index (χ0n) is 24.5. The maximum Gasteiger partial charge on any atom is 0.199 e. The SMILES string of the molecule is CC1=C(c2cc(F)cc(F)c2)C(c2ccc(/C=C/CN3CCC(CF)CC3)cc2)Oc2cc(OC3CCCCO3)ccc21. The average molecular weight is 590 g/mol. The molecule has 6 rings (SSSR count). The average Bonchev–Trinajstić information content (AvgIpc) is 3.01. The fourth-order valence-electron chi connectivity index (χ4n) is 6.22. The van der Waals surface area contributed by atoms with Crippen LogP contribution in [0.3, 0.4) is 0 Å². The summed E-state index contributed by atoms with van der Waals surface area (Å²) in [5.41, 5.74) is 4.82. The van der Waals surface area contributed by atoms with Gasteiger partial charge in [-0.25, -0.2) is 8.78 Å². The van der Waals surface area contributed by atoms with Crippen molar-refractivity contribution in [3.63, 3.8) is 0 Å². The number of fused-ring (bicyclic) bond motifs is 1. The molecule has 0 spiro atoms. The molecule has 0 aliphatic carbocycles. The second-order valence-electron chi connectivity index (χ2n) is 11.7. The maximum absolute atomic E-state index is 14.4. The first kappa shape index (κ1) is 29.5. The van der Waals surface area contributed by atoms with Gasteiger partial charge in [0.15, 0.2) is 6.29 Å². The van der Waals surface area contributed by atoms with Crippen LogP contribution in [0.15, 0.2) is 66.7 Å². The van der Waals surface area contributed by atoms with Gasteiger partial charge in [-0.15, -0.1) is 0 Å². The molecule has 3 heterocycles. The Morgan fingerprint density at radius 2 is 1.70 bits per heavy atom.